The predicted octanol–water partition coefficient (Wildman–Crippen LogP) is 1.37. The molecule has 0 aromatic rings. The van der Waals surface area contributed by atoms with Gasteiger partial charge in [-0.05, 0) is 38.0 Å². The largest absolute Gasteiger partial charge is 0.352 e. The third kappa shape index (κ3) is 4.89. The van der Waals surface area contributed by atoms with Gasteiger partial charge in [0.2, 0.25) is 5.91 Å². The molecule has 4 heteroatoms. The molecule has 0 aliphatic carbocycles. The van der Waals surface area contributed by atoms with Gasteiger partial charge in [-0.3, -0.25) is 4.79 Å². The number of nitrogens with one attached hydrogen (secondary N) is 1. The van der Waals surface area contributed by atoms with Gasteiger partial charge in [-0.1, -0.05) is 6.92 Å². The second-order valence-corrected chi connectivity index (χ2v) is 5.40. The SMILES string of the molecule is CC(CCCN)C(=O)NC1CCCSC1. The van der Waals surface area contributed by atoms with Gasteiger partial charge in [-0.15, -0.1) is 0 Å². The van der Waals surface area contributed by atoms with Crippen LogP contribution in [0.1, 0.15) is 32.6 Å². The highest BCUT2D eigenvalue weighted by molar-refractivity contribution is 7.99. The fourth-order valence-electron chi connectivity index (χ4n) is 1.75. The van der Waals surface area contributed by atoms with Crippen molar-refractivity contribution in [3.63, 3.8) is 0 Å². The first-order valence-electron chi connectivity index (χ1n) is 5.82. The summed E-state index contributed by atoms with van der Waals surface area (Å²) in [6, 6.07) is 0.400. The van der Waals surface area contributed by atoms with Crippen molar-refractivity contribution in [1.82, 2.24) is 5.32 Å². The Morgan fingerprint density at radius 3 is 3.07 bits per heavy atom. The van der Waals surface area contributed by atoms with Crippen LogP contribution in [-0.2, 0) is 4.79 Å². The number of hydrogen-bond acceptors (Lipinski definition) is 3. The van der Waals surface area contributed by atoms with Crippen molar-refractivity contribution < 1.29 is 4.79 Å². The van der Waals surface area contributed by atoms with Gasteiger partial charge in [0.15, 0.2) is 0 Å². The highest BCUT2D eigenvalue weighted by Gasteiger charge is 2.19. The van der Waals surface area contributed by atoms with Crippen LogP contribution in [-0.4, -0.2) is 30.0 Å². The zero-order chi connectivity index (χ0) is 11.1. The van der Waals surface area contributed by atoms with E-state index >= 15 is 0 Å². The number of carbonyl (C=O) groups excluding carboxylic acids is 1. The second-order valence-electron chi connectivity index (χ2n) is 4.25. The van der Waals surface area contributed by atoms with Crippen LogP contribution in [0.3, 0.4) is 0 Å². The Bertz CT molecular complexity index is 193. The van der Waals surface area contributed by atoms with Crippen molar-refractivity contribution in [1.29, 1.82) is 0 Å². The molecule has 1 aliphatic heterocycles. The van der Waals surface area contributed by atoms with Crippen LogP contribution in [0.4, 0.5) is 0 Å². The van der Waals surface area contributed by atoms with Gasteiger partial charge < -0.3 is 11.1 Å². The van der Waals surface area contributed by atoms with Gasteiger partial charge in [0.25, 0.3) is 0 Å². The Balaban J connectivity index is 2.20. The van der Waals surface area contributed by atoms with Crippen molar-refractivity contribution in [2.75, 3.05) is 18.1 Å². The summed E-state index contributed by atoms with van der Waals surface area (Å²) in [5, 5.41) is 3.13. The molecule has 0 aromatic carbocycles. The Labute approximate surface area is 96.6 Å². The number of nitrogens with two attached hydrogens (primary N) is 1. The molecule has 3 N–H and O–H groups in total. The molecule has 0 aromatic heterocycles. The summed E-state index contributed by atoms with van der Waals surface area (Å²) >= 11 is 1.94. The highest BCUT2D eigenvalue weighted by Crippen LogP contribution is 2.17. The minimum Gasteiger partial charge on any atom is -0.352 e. The number of hydrogen-bond donors (Lipinski definition) is 2. The first-order chi connectivity index (χ1) is 7.24. The number of thioether (sulfide) groups is 1. The van der Waals surface area contributed by atoms with Crippen LogP contribution < -0.4 is 11.1 Å². The lowest BCUT2D eigenvalue weighted by molar-refractivity contribution is -0.125. The van der Waals surface area contributed by atoms with E-state index in [9.17, 15) is 4.79 Å². The maximum absolute atomic E-state index is 11.8. The van der Waals surface area contributed by atoms with E-state index in [4.69, 9.17) is 5.73 Å². The monoisotopic (exact) mass is 230 g/mol. The molecule has 0 saturated carbocycles. The Kier molecular flexibility index (Phi) is 6.10. The summed E-state index contributed by atoms with van der Waals surface area (Å²) in [6.07, 6.45) is 4.21. The molecule has 1 amide bonds. The Morgan fingerprint density at radius 2 is 2.47 bits per heavy atom. The summed E-state index contributed by atoms with van der Waals surface area (Å²) in [5.41, 5.74) is 5.43. The molecule has 2 atom stereocenters. The topological polar surface area (TPSA) is 55.1 Å². The van der Waals surface area contributed by atoms with E-state index in [2.05, 4.69) is 5.32 Å². The van der Waals surface area contributed by atoms with Crippen LogP contribution >= 0.6 is 11.8 Å². The minimum atomic E-state index is 0.112. The Morgan fingerprint density at radius 1 is 1.67 bits per heavy atom. The van der Waals surface area contributed by atoms with Crippen molar-refractivity contribution in [3.05, 3.63) is 0 Å². The molecule has 1 fully saturated rings. The van der Waals surface area contributed by atoms with Crippen molar-refractivity contribution >= 4 is 17.7 Å². The maximum atomic E-state index is 11.8. The molecule has 3 nitrogen and oxygen atoms in total. The van der Waals surface area contributed by atoms with Gasteiger partial charge in [-0.25, -0.2) is 0 Å². The first-order valence-corrected chi connectivity index (χ1v) is 6.97. The fourth-order valence-corrected chi connectivity index (χ4v) is 2.83. The van der Waals surface area contributed by atoms with E-state index in [1.165, 1.54) is 12.2 Å². The van der Waals surface area contributed by atoms with Crippen LogP contribution in [0.5, 0.6) is 0 Å². The van der Waals surface area contributed by atoms with Crippen LogP contribution in [0.25, 0.3) is 0 Å². The molecule has 1 aliphatic rings. The molecule has 0 radical (unpaired) electrons. The number of rotatable bonds is 5. The highest BCUT2D eigenvalue weighted by atomic mass is 32.2. The Hall–Kier alpha value is -0.220. The zero-order valence-electron chi connectivity index (χ0n) is 9.50. The molecule has 1 saturated heterocycles. The van der Waals surface area contributed by atoms with E-state index in [0.717, 1.165) is 25.0 Å². The van der Waals surface area contributed by atoms with Crippen molar-refractivity contribution in [2.24, 2.45) is 11.7 Å². The number of carbonyl (C=O) groups is 1. The molecule has 1 heterocycles. The number of amides is 1. The third-order valence-corrected chi connectivity index (χ3v) is 4.01. The molecular weight excluding hydrogens is 208 g/mol. The van der Waals surface area contributed by atoms with E-state index < -0.39 is 0 Å². The van der Waals surface area contributed by atoms with Crippen molar-refractivity contribution in [2.45, 2.75) is 38.6 Å². The second kappa shape index (κ2) is 7.12. The quantitative estimate of drug-likeness (QED) is 0.750. The molecule has 0 spiro atoms. The fraction of sp³-hybridized carbons (Fsp3) is 0.909. The summed E-state index contributed by atoms with van der Waals surface area (Å²) in [4.78, 5) is 11.8. The summed E-state index contributed by atoms with van der Waals surface area (Å²) < 4.78 is 0. The standard InChI is InChI=1S/C11H22N2OS/c1-9(4-2-6-12)11(14)13-10-5-3-7-15-8-10/h9-10H,2-8,12H2,1H3,(H,13,14). The average Bonchev–Trinajstić information content (AvgIpc) is 2.27. The summed E-state index contributed by atoms with van der Waals surface area (Å²) in [6.45, 7) is 2.66. The predicted molar refractivity (Wildman–Crippen MR) is 65.9 cm³/mol. The smallest absolute Gasteiger partial charge is 0.223 e. The van der Waals surface area contributed by atoms with E-state index in [0.29, 0.717) is 12.6 Å². The van der Waals surface area contributed by atoms with Gasteiger partial charge in [0.1, 0.15) is 0 Å². The van der Waals surface area contributed by atoms with Gasteiger partial charge in [-0.2, -0.15) is 11.8 Å². The van der Waals surface area contributed by atoms with Crippen molar-refractivity contribution in [3.8, 4) is 0 Å². The molecule has 1 rings (SSSR count). The van der Waals surface area contributed by atoms with E-state index in [1.54, 1.807) is 0 Å². The van der Waals surface area contributed by atoms with E-state index in [1.807, 2.05) is 18.7 Å². The normalized spacial score (nSPS) is 23.5. The van der Waals surface area contributed by atoms with Gasteiger partial charge in [0, 0.05) is 17.7 Å². The summed E-state index contributed by atoms with van der Waals surface area (Å²) in [7, 11) is 0. The molecule has 2 unspecified atom stereocenters. The van der Waals surface area contributed by atoms with E-state index in [-0.39, 0.29) is 11.8 Å². The lowest BCUT2D eigenvalue weighted by atomic mass is 10.0. The van der Waals surface area contributed by atoms with Crippen LogP contribution in [0, 0.1) is 5.92 Å². The van der Waals surface area contributed by atoms with Gasteiger partial charge in [0.05, 0.1) is 0 Å². The molecule has 88 valence electrons. The molecule has 15 heavy (non-hydrogen) atoms. The van der Waals surface area contributed by atoms with Crippen LogP contribution in [0.2, 0.25) is 0 Å². The minimum absolute atomic E-state index is 0.112. The first kappa shape index (κ1) is 12.8. The maximum Gasteiger partial charge on any atom is 0.223 e. The van der Waals surface area contributed by atoms with Crippen LogP contribution in [0.15, 0.2) is 0 Å². The molecular formula is C11H22N2OS. The van der Waals surface area contributed by atoms with Gasteiger partial charge >= 0.3 is 0 Å². The third-order valence-electron chi connectivity index (χ3n) is 2.80. The molecule has 0 bridgehead atoms. The lowest BCUT2D eigenvalue weighted by Gasteiger charge is -2.24. The lowest BCUT2D eigenvalue weighted by Crippen LogP contribution is -2.41. The average molecular weight is 230 g/mol. The summed E-state index contributed by atoms with van der Waals surface area (Å²) in [5.74, 6) is 2.64. The zero-order valence-corrected chi connectivity index (χ0v) is 10.3.